The molecule has 0 aliphatic rings. The summed E-state index contributed by atoms with van der Waals surface area (Å²) in [6.07, 6.45) is 2.97. The summed E-state index contributed by atoms with van der Waals surface area (Å²) in [5.41, 5.74) is 0.850. The van der Waals surface area contributed by atoms with E-state index < -0.39 is 5.97 Å². The van der Waals surface area contributed by atoms with Gasteiger partial charge >= 0.3 is 5.97 Å². The van der Waals surface area contributed by atoms with Gasteiger partial charge in [0.15, 0.2) is 0 Å². The van der Waals surface area contributed by atoms with Gasteiger partial charge in [-0.1, -0.05) is 23.7 Å². The molecule has 0 fully saturated rings. The van der Waals surface area contributed by atoms with Crippen molar-refractivity contribution in [3.8, 4) is 0 Å². The van der Waals surface area contributed by atoms with Crippen LogP contribution in [0, 0.1) is 0 Å². The number of carbonyl (C=O) groups is 2. The maximum absolute atomic E-state index is 11.3. The van der Waals surface area contributed by atoms with Crippen molar-refractivity contribution in [2.45, 2.75) is 0 Å². The molecule has 5 heteroatoms. The molecule has 1 rings (SSSR count). The van der Waals surface area contributed by atoms with Gasteiger partial charge in [-0.2, -0.15) is 0 Å². The third-order valence-electron chi connectivity index (χ3n) is 1.93. The molecule has 0 saturated heterocycles. The van der Waals surface area contributed by atoms with Gasteiger partial charge in [0.05, 0.1) is 7.11 Å². The first kappa shape index (κ1) is 13.3. The van der Waals surface area contributed by atoms with E-state index >= 15 is 0 Å². The number of benzene rings is 1. The summed E-state index contributed by atoms with van der Waals surface area (Å²) in [4.78, 5) is 22.0. The Labute approximate surface area is 104 Å². The van der Waals surface area contributed by atoms with E-state index in [0.29, 0.717) is 5.02 Å². The molecule has 90 valence electrons. The molecule has 0 heterocycles. The molecular formula is C12H12ClNO3. The fraction of sp³-hybridized carbons (Fsp3) is 0.167. The van der Waals surface area contributed by atoms with Crippen LogP contribution in [0.25, 0.3) is 6.08 Å². The van der Waals surface area contributed by atoms with Crippen LogP contribution in [0.15, 0.2) is 30.3 Å². The SMILES string of the molecule is COC(=O)CNC(=O)/C=C/c1ccc(Cl)cc1. The van der Waals surface area contributed by atoms with E-state index in [1.54, 1.807) is 30.3 Å². The van der Waals surface area contributed by atoms with E-state index in [-0.39, 0.29) is 12.5 Å². The molecular weight excluding hydrogens is 242 g/mol. The van der Waals surface area contributed by atoms with E-state index in [9.17, 15) is 9.59 Å². The van der Waals surface area contributed by atoms with Gasteiger partial charge in [0, 0.05) is 11.1 Å². The van der Waals surface area contributed by atoms with Gasteiger partial charge in [0.2, 0.25) is 5.91 Å². The molecule has 1 N–H and O–H groups in total. The van der Waals surface area contributed by atoms with Crippen LogP contribution in [0.5, 0.6) is 0 Å². The molecule has 1 aromatic rings. The number of hydrogen-bond donors (Lipinski definition) is 1. The zero-order valence-corrected chi connectivity index (χ0v) is 10.0. The molecule has 0 saturated carbocycles. The molecule has 0 spiro atoms. The highest BCUT2D eigenvalue weighted by Crippen LogP contribution is 2.10. The molecule has 0 unspecified atom stereocenters. The van der Waals surface area contributed by atoms with Crippen LogP contribution in [0.4, 0.5) is 0 Å². The van der Waals surface area contributed by atoms with Gasteiger partial charge in [-0.25, -0.2) is 0 Å². The highest BCUT2D eigenvalue weighted by atomic mass is 35.5. The Balaban J connectivity index is 2.45. The van der Waals surface area contributed by atoms with E-state index in [0.717, 1.165) is 5.56 Å². The standard InChI is InChI=1S/C12H12ClNO3/c1-17-12(16)8-14-11(15)7-4-9-2-5-10(13)6-3-9/h2-7H,8H2,1H3,(H,14,15)/b7-4+. The number of hydrogen-bond acceptors (Lipinski definition) is 3. The lowest BCUT2D eigenvalue weighted by Gasteiger charge is -1.99. The molecule has 0 atom stereocenters. The van der Waals surface area contributed by atoms with Crippen molar-refractivity contribution in [2.75, 3.05) is 13.7 Å². The summed E-state index contributed by atoms with van der Waals surface area (Å²) in [5, 5.41) is 3.03. The number of carbonyl (C=O) groups excluding carboxylic acids is 2. The van der Waals surface area contributed by atoms with Crippen LogP contribution in [0.1, 0.15) is 5.56 Å². The first-order valence-electron chi connectivity index (χ1n) is 4.90. The summed E-state index contributed by atoms with van der Waals surface area (Å²) < 4.78 is 4.38. The van der Waals surface area contributed by atoms with Crippen LogP contribution in [0.3, 0.4) is 0 Å². The Morgan fingerprint density at radius 3 is 2.59 bits per heavy atom. The maximum atomic E-state index is 11.3. The van der Waals surface area contributed by atoms with E-state index in [1.807, 2.05) is 0 Å². The second-order valence-electron chi connectivity index (χ2n) is 3.18. The number of esters is 1. The van der Waals surface area contributed by atoms with Gasteiger partial charge < -0.3 is 10.1 Å². The summed E-state index contributed by atoms with van der Waals surface area (Å²) in [6, 6.07) is 7.03. The van der Waals surface area contributed by atoms with E-state index in [1.165, 1.54) is 13.2 Å². The first-order valence-corrected chi connectivity index (χ1v) is 5.28. The average Bonchev–Trinajstić information content (AvgIpc) is 2.35. The lowest BCUT2D eigenvalue weighted by Crippen LogP contribution is -2.28. The van der Waals surface area contributed by atoms with Crippen LogP contribution in [0.2, 0.25) is 5.02 Å². The largest absolute Gasteiger partial charge is 0.468 e. The number of methoxy groups -OCH3 is 1. The zero-order chi connectivity index (χ0) is 12.7. The molecule has 17 heavy (non-hydrogen) atoms. The van der Waals surface area contributed by atoms with Crippen molar-refractivity contribution in [3.05, 3.63) is 40.9 Å². The number of ether oxygens (including phenoxy) is 1. The predicted octanol–water partition coefficient (Wildman–Crippen LogP) is 1.64. The lowest BCUT2D eigenvalue weighted by atomic mass is 10.2. The smallest absolute Gasteiger partial charge is 0.325 e. The maximum Gasteiger partial charge on any atom is 0.325 e. The predicted molar refractivity (Wildman–Crippen MR) is 65.5 cm³/mol. The van der Waals surface area contributed by atoms with Crippen LogP contribution < -0.4 is 5.32 Å². The average molecular weight is 254 g/mol. The Bertz CT molecular complexity index is 426. The summed E-state index contributed by atoms with van der Waals surface area (Å²) in [7, 11) is 1.26. The third-order valence-corrected chi connectivity index (χ3v) is 2.18. The van der Waals surface area contributed by atoms with Gasteiger partial charge in [-0.05, 0) is 23.8 Å². The van der Waals surface area contributed by atoms with Crippen LogP contribution >= 0.6 is 11.6 Å². The number of halogens is 1. The van der Waals surface area contributed by atoms with Crippen molar-refractivity contribution in [2.24, 2.45) is 0 Å². The second kappa shape index (κ2) is 6.70. The van der Waals surface area contributed by atoms with Gasteiger partial charge in [0.25, 0.3) is 0 Å². The zero-order valence-electron chi connectivity index (χ0n) is 9.27. The van der Waals surface area contributed by atoms with Crippen molar-refractivity contribution in [3.63, 3.8) is 0 Å². The summed E-state index contributed by atoms with van der Waals surface area (Å²) in [6.45, 7) is -0.139. The Morgan fingerprint density at radius 2 is 2.00 bits per heavy atom. The van der Waals surface area contributed by atoms with Gasteiger partial charge in [-0.15, -0.1) is 0 Å². The van der Waals surface area contributed by atoms with Crippen LogP contribution in [-0.4, -0.2) is 25.5 Å². The number of rotatable bonds is 4. The minimum absolute atomic E-state index is 0.139. The monoisotopic (exact) mass is 253 g/mol. The summed E-state index contributed by atoms with van der Waals surface area (Å²) in [5.74, 6) is -0.844. The minimum Gasteiger partial charge on any atom is -0.468 e. The Kier molecular flexibility index (Phi) is 5.23. The van der Waals surface area contributed by atoms with Crippen molar-refractivity contribution >= 4 is 29.6 Å². The van der Waals surface area contributed by atoms with Crippen molar-refractivity contribution in [1.29, 1.82) is 0 Å². The molecule has 1 aromatic carbocycles. The normalized spacial score (nSPS) is 10.2. The molecule has 4 nitrogen and oxygen atoms in total. The quantitative estimate of drug-likeness (QED) is 0.656. The number of amides is 1. The molecule has 0 aromatic heterocycles. The fourth-order valence-corrected chi connectivity index (χ4v) is 1.16. The number of nitrogens with one attached hydrogen (secondary N) is 1. The minimum atomic E-state index is -0.488. The summed E-state index contributed by atoms with van der Waals surface area (Å²) >= 11 is 5.72. The van der Waals surface area contributed by atoms with Crippen LogP contribution in [-0.2, 0) is 14.3 Å². The van der Waals surface area contributed by atoms with Gasteiger partial charge in [-0.3, -0.25) is 9.59 Å². The Hall–Kier alpha value is -1.81. The molecule has 0 bridgehead atoms. The Morgan fingerprint density at radius 1 is 1.35 bits per heavy atom. The topological polar surface area (TPSA) is 55.4 Å². The molecule has 0 aliphatic carbocycles. The van der Waals surface area contributed by atoms with E-state index in [4.69, 9.17) is 11.6 Å². The van der Waals surface area contributed by atoms with Crippen molar-refractivity contribution < 1.29 is 14.3 Å². The highest BCUT2D eigenvalue weighted by Gasteiger charge is 2.01. The molecule has 1 amide bonds. The third kappa shape index (κ3) is 5.17. The van der Waals surface area contributed by atoms with Gasteiger partial charge in [0.1, 0.15) is 6.54 Å². The lowest BCUT2D eigenvalue weighted by molar-refractivity contribution is -0.140. The van der Waals surface area contributed by atoms with Crippen molar-refractivity contribution in [1.82, 2.24) is 5.32 Å². The molecule has 0 radical (unpaired) electrons. The highest BCUT2D eigenvalue weighted by molar-refractivity contribution is 6.30. The molecule has 0 aliphatic heterocycles. The second-order valence-corrected chi connectivity index (χ2v) is 3.62. The van der Waals surface area contributed by atoms with E-state index in [2.05, 4.69) is 10.1 Å². The fourth-order valence-electron chi connectivity index (χ4n) is 1.04. The first-order chi connectivity index (χ1) is 8.11.